The van der Waals surface area contributed by atoms with Gasteiger partial charge in [-0.15, -0.1) is 0 Å². The van der Waals surface area contributed by atoms with Crippen LogP contribution in [0.5, 0.6) is 0 Å². The predicted molar refractivity (Wildman–Crippen MR) is 98.5 cm³/mol. The van der Waals surface area contributed by atoms with E-state index in [-0.39, 0.29) is 6.03 Å². The predicted octanol–water partition coefficient (Wildman–Crippen LogP) is 4.34. The first kappa shape index (κ1) is 18.0. The Balaban J connectivity index is 1.95. The quantitative estimate of drug-likeness (QED) is 0.743. The number of nitrogens with zero attached hydrogens (tertiary/aromatic N) is 2. The number of urea groups is 1. The van der Waals surface area contributed by atoms with Crippen molar-refractivity contribution in [3.8, 4) is 0 Å². The molecule has 0 saturated heterocycles. The molecular formula is C19H28N4O. The van der Waals surface area contributed by atoms with E-state index in [1.807, 2.05) is 10.8 Å². The molecule has 1 heterocycles. The maximum Gasteiger partial charge on any atom is 0.319 e. The summed E-state index contributed by atoms with van der Waals surface area (Å²) in [4.78, 5) is 16.3. The summed E-state index contributed by atoms with van der Waals surface area (Å²) in [7, 11) is 0. The maximum atomic E-state index is 12.3. The van der Waals surface area contributed by atoms with Crippen LogP contribution >= 0.6 is 0 Å². The van der Waals surface area contributed by atoms with Gasteiger partial charge in [0.25, 0.3) is 0 Å². The number of anilines is 1. The third-order valence-corrected chi connectivity index (χ3v) is 4.05. The summed E-state index contributed by atoms with van der Waals surface area (Å²) >= 11 is 0. The Morgan fingerprint density at radius 3 is 2.38 bits per heavy atom. The summed E-state index contributed by atoms with van der Waals surface area (Å²) in [5.74, 6) is 0.723. The van der Waals surface area contributed by atoms with Crippen molar-refractivity contribution in [3.05, 3.63) is 48.0 Å². The van der Waals surface area contributed by atoms with Crippen LogP contribution in [0.2, 0.25) is 0 Å². The van der Waals surface area contributed by atoms with Crippen molar-refractivity contribution < 1.29 is 4.79 Å². The third-order valence-electron chi connectivity index (χ3n) is 4.05. The first-order valence-corrected chi connectivity index (χ1v) is 8.62. The molecule has 5 heteroatoms. The molecule has 1 aromatic heterocycles. The minimum Gasteiger partial charge on any atom is -0.338 e. The van der Waals surface area contributed by atoms with E-state index in [9.17, 15) is 4.79 Å². The summed E-state index contributed by atoms with van der Waals surface area (Å²) in [6, 6.07) is 6.10. The van der Waals surface area contributed by atoms with Crippen molar-refractivity contribution in [3.63, 3.8) is 0 Å². The lowest BCUT2D eigenvalue weighted by Crippen LogP contribution is -2.31. The zero-order valence-electron chi connectivity index (χ0n) is 15.0. The molecule has 1 aromatic carbocycles. The largest absolute Gasteiger partial charge is 0.338 e. The Labute approximate surface area is 144 Å². The van der Waals surface area contributed by atoms with Gasteiger partial charge < -0.3 is 15.2 Å². The highest BCUT2D eigenvalue weighted by molar-refractivity contribution is 5.91. The molecule has 5 nitrogen and oxygen atoms in total. The number of aromatic nitrogens is 2. The fourth-order valence-electron chi connectivity index (χ4n) is 2.74. The Kier molecular flexibility index (Phi) is 6.41. The number of carbonyl (C=O) groups is 1. The molecule has 2 rings (SSSR count). The number of rotatable bonds is 7. The molecule has 0 bridgehead atoms. The molecule has 0 radical (unpaired) electrons. The van der Waals surface area contributed by atoms with Gasteiger partial charge in [0.2, 0.25) is 0 Å². The molecule has 0 spiro atoms. The smallest absolute Gasteiger partial charge is 0.319 e. The highest BCUT2D eigenvalue weighted by Gasteiger charge is 2.15. The van der Waals surface area contributed by atoms with E-state index in [0.717, 1.165) is 18.7 Å². The van der Waals surface area contributed by atoms with Crippen molar-refractivity contribution >= 4 is 11.7 Å². The second-order valence-corrected chi connectivity index (χ2v) is 6.66. The molecule has 0 aliphatic rings. The number of para-hydroxylation sites is 1. The molecule has 0 saturated carbocycles. The molecule has 0 fully saturated rings. The fraction of sp³-hybridized carbons (Fsp3) is 0.474. The van der Waals surface area contributed by atoms with Crippen molar-refractivity contribution in [1.29, 1.82) is 0 Å². The summed E-state index contributed by atoms with van der Waals surface area (Å²) < 4.78 is 2.00. The normalized spacial score (nSPS) is 11.1. The number of amides is 2. The minimum absolute atomic E-state index is 0.143. The number of carbonyl (C=O) groups excluding carboxylic acids is 1. The topological polar surface area (TPSA) is 59.0 Å². The van der Waals surface area contributed by atoms with Gasteiger partial charge in [0, 0.05) is 31.2 Å². The van der Waals surface area contributed by atoms with Gasteiger partial charge in [-0.1, -0.05) is 45.9 Å². The highest BCUT2D eigenvalue weighted by atomic mass is 16.2. The summed E-state index contributed by atoms with van der Waals surface area (Å²) in [6.07, 6.45) is 6.34. The molecule has 0 unspecified atom stereocenters. The third kappa shape index (κ3) is 4.85. The first-order valence-electron chi connectivity index (χ1n) is 8.62. The molecule has 0 atom stereocenters. The average molecular weight is 328 g/mol. The lowest BCUT2D eigenvalue weighted by atomic mass is 9.93. The van der Waals surface area contributed by atoms with Crippen LogP contribution < -0.4 is 10.6 Å². The van der Waals surface area contributed by atoms with Gasteiger partial charge in [-0.25, -0.2) is 9.78 Å². The Morgan fingerprint density at radius 1 is 1.17 bits per heavy atom. The van der Waals surface area contributed by atoms with Crippen LogP contribution in [0.4, 0.5) is 10.5 Å². The summed E-state index contributed by atoms with van der Waals surface area (Å²) in [6.45, 7) is 10.1. The number of imidazole rings is 1. The van der Waals surface area contributed by atoms with Crippen molar-refractivity contribution in [2.75, 3.05) is 11.9 Å². The van der Waals surface area contributed by atoms with E-state index in [1.54, 1.807) is 12.5 Å². The van der Waals surface area contributed by atoms with Crippen LogP contribution in [0.1, 0.15) is 57.1 Å². The van der Waals surface area contributed by atoms with Gasteiger partial charge >= 0.3 is 6.03 Å². The molecule has 0 aliphatic heterocycles. The number of benzene rings is 1. The van der Waals surface area contributed by atoms with Crippen molar-refractivity contribution in [1.82, 2.24) is 14.9 Å². The molecule has 2 aromatic rings. The molecule has 24 heavy (non-hydrogen) atoms. The van der Waals surface area contributed by atoms with Gasteiger partial charge in [0.15, 0.2) is 0 Å². The summed E-state index contributed by atoms with van der Waals surface area (Å²) in [5, 5.41) is 6.01. The van der Waals surface area contributed by atoms with Gasteiger partial charge in [0.05, 0.1) is 6.33 Å². The van der Waals surface area contributed by atoms with E-state index in [0.29, 0.717) is 18.4 Å². The van der Waals surface area contributed by atoms with Crippen molar-refractivity contribution in [2.24, 2.45) is 0 Å². The van der Waals surface area contributed by atoms with Crippen LogP contribution in [0.15, 0.2) is 36.9 Å². The molecular weight excluding hydrogens is 300 g/mol. The minimum atomic E-state index is -0.143. The van der Waals surface area contributed by atoms with E-state index in [4.69, 9.17) is 0 Å². The average Bonchev–Trinajstić information content (AvgIpc) is 3.04. The Bertz CT molecular complexity index is 621. The number of hydrogen-bond donors (Lipinski definition) is 2. The van der Waals surface area contributed by atoms with Crippen LogP contribution in [0.25, 0.3) is 0 Å². The van der Waals surface area contributed by atoms with Crippen LogP contribution in [-0.2, 0) is 6.54 Å². The highest BCUT2D eigenvalue weighted by Crippen LogP contribution is 2.32. The lowest BCUT2D eigenvalue weighted by Gasteiger charge is -2.20. The van der Waals surface area contributed by atoms with E-state index in [2.05, 4.69) is 61.5 Å². The van der Waals surface area contributed by atoms with Gasteiger partial charge in [-0.2, -0.15) is 0 Å². The standard InChI is InChI=1S/C19H28N4O/c1-14(2)16-7-5-8-17(15(3)4)18(16)22-19(24)21-9-6-11-23-12-10-20-13-23/h5,7-8,10,12-15H,6,9,11H2,1-4H3,(H2,21,22,24). The van der Waals surface area contributed by atoms with Gasteiger partial charge in [-0.05, 0) is 29.4 Å². The van der Waals surface area contributed by atoms with E-state index < -0.39 is 0 Å². The van der Waals surface area contributed by atoms with E-state index in [1.165, 1.54) is 11.1 Å². The summed E-state index contributed by atoms with van der Waals surface area (Å²) in [5.41, 5.74) is 3.30. The van der Waals surface area contributed by atoms with Gasteiger partial charge in [-0.3, -0.25) is 0 Å². The zero-order valence-corrected chi connectivity index (χ0v) is 15.0. The second kappa shape index (κ2) is 8.52. The SMILES string of the molecule is CC(C)c1cccc(C(C)C)c1NC(=O)NCCCn1ccnc1. The molecule has 2 N–H and O–H groups in total. The second-order valence-electron chi connectivity index (χ2n) is 6.66. The van der Waals surface area contributed by atoms with Crippen LogP contribution in [-0.4, -0.2) is 22.1 Å². The van der Waals surface area contributed by atoms with E-state index >= 15 is 0 Å². The Hall–Kier alpha value is -2.30. The fourth-order valence-corrected chi connectivity index (χ4v) is 2.74. The van der Waals surface area contributed by atoms with Gasteiger partial charge in [0.1, 0.15) is 0 Å². The molecule has 0 aliphatic carbocycles. The number of nitrogens with one attached hydrogen (secondary N) is 2. The first-order chi connectivity index (χ1) is 11.5. The molecule has 2 amide bonds. The number of aryl methyl sites for hydroxylation is 1. The number of hydrogen-bond acceptors (Lipinski definition) is 2. The lowest BCUT2D eigenvalue weighted by molar-refractivity contribution is 0.251. The Morgan fingerprint density at radius 2 is 1.83 bits per heavy atom. The monoisotopic (exact) mass is 328 g/mol. The zero-order chi connectivity index (χ0) is 17.5. The van der Waals surface area contributed by atoms with Crippen molar-refractivity contribution in [2.45, 2.75) is 52.5 Å². The van der Waals surface area contributed by atoms with Crippen LogP contribution in [0, 0.1) is 0 Å². The van der Waals surface area contributed by atoms with Crippen LogP contribution in [0.3, 0.4) is 0 Å². The maximum absolute atomic E-state index is 12.3. The molecule has 130 valence electrons.